The van der Waals surface area contributed by atoms with Gasteiger partial charge in [0.2, 0.25) is 0 Å². The number of amides is 1. The first-order valence-corrected chi connectivity index (χ1v) is 10.7. The molecule has 6 nitrogen and oxygen atoms in total. The maximum absolute atomic E-state index is 13.4. The zero-order chi connectivity index (χ0) is 21.2. The van der Waals surface area contributed by atoms with Crippen molar-refractivity contribution in [3.05, 3.63) is 89.7 Å². The maximum atomic E-state index is 13.4. The molecule has 1 saturated heterocycles. The van der Waals surface area contributed by atoms with E-state index in [4.69, 9.17) is 5.10 Å². The molecule has 3 heterocycles. The van der Waals surface area contributed by atoms with E-state index in [1.165, 1.54) is 5.56 Å². The summed E-state index contributed by atoms with van der Waals surface area (Å²) in [7, 11) is 0. The monoisotopic (exact) mass is 411 g/mol. The fraction of sp³-hybridized carbons (Fsp3) is 0.240. The Hall–Kier alpha value is -3.51. The highest BCUT2D eigenvalue weighted by atomic mass is 16.2. The minimum Gasteiger partial charge on any atom is -0.335 e. The third kappa shape index (κ3) is 4.07. The summed E-state index contributed by atoms with van der Waals surface area (Å²) in [5.41, 5.74) is 5.22. The number of aryl methyl sites for hydroxylation is 1. The van der Waals surface area contributed by atoms with E-state index in [1.807, 2.05) is 60.4 Å². The molecule has 1 aliphatic heterocycles. The zero-order valence-corrected chi connectivity index (χ0v) is 17.6. The van der Waals surface area contributed by atoms with Gasteiger partial charge in [0.25, 0.3) is 5.91 Å². The molecule has 1 fully saturated rings. The third-order valence-electron chi connectivity index (χ3n) is 5.75. The fourth-order valence-corrected chi connectivity index (χ4v) is 4.12. The summed E-state index contributed by atoms with van der Waals surface area (Å²) >= 11 is 0. The van der Waals surface area contributed by atoms with E-state index in [1.54, 1.807) is 4.52 Å². The quantitative estimate of drug-likeness (QED) is 0.514. The smallest absolute Gasteiger partial charge is 0.272 e. The summed E-state index contributed by atoms with van der Waals surface area (Å²) in [6.45, 7) is 5.98. The lowest BCUT2D eigenvalue weighted by Gasteiger charge is -2.34. The topological polar surface area (TPSA) is 53.7 Å². The molecular weight excluding hydrogens is 386 g/mol. The standard InChI is InChI=1S/C25H25N5O/c1-19-16-23(30-24(26-19)17-22(27-30)21-10-6-3-7-11-21)25(31)29-14-12-28(13-15-29)18-20-8-4-2-5-9-20/h2-11,16-17H,12-15,18H2,1H3. The van der Waals surface area contributed by atoms with Crippen LogP contribution in [0.2, 0.25) is 0 Å². The first-order valence-electron chi connectivity index (χ1n) is 10.7. The first kappa shape index (κ1) is 19.5. The van der Waals surface area contributed by atoms with Crippen molar-refractivity contribution in [1.82, 2.24) is 24.4 Å². The van der Waals surface area contributed by atoms with Crippen molar-refractivity contribution in [3.63, 3.8) is 0 Å². The van der Waals surface area contributed by atoms with Gasteiger partial charge in [0.1, 0.15) is 5.69 Å². The molecule has 0 radical (unpaired) electrons. The molecule has 156 valence electrons. The average Bonchev–Trinajstić information content (AvgIpc) is 3.24. The van der Waals surface area contributed by atoms with Crippen molar-refractivity contribution in [2.45, 2.75) is 13.5 Å². The average molecular weight is 412 g/mol. The number of carbonyl (C=O) groups is 1. The van der Waals surface area contributed by atoms with Crippen molar-refractivity contribution in [3.8, 4) is 11.3 Å². The molecule has 1 amide bonds. The van der Waals surface area contributed by atoms with Gasteiger partial charge in [0.15, 0.2) is 5.65 Å². The summed E-state index contributed by atoms with van der Waals surface area (Å²) in [6.07, 6.45) is 0. The summed E-state index contributed by atoms with van der Waals surface area (Å²) in [5, 5.41) is 4.71. The van der Waals surface area contributed by atoms with Gasteiger partial charge >= 0.3 is 0 Å². The first-order chi connectivity index (χ1) is 15.2. The Bertz CT molecular complexity index is 1190. The molecule has 0 spiro atoms. The van der Waals surface area contributed by atoms with Crippen molar-refractivity contribution >= 4 is 11.6 Å². The van der Waals surface area contributed by atoms with Gasteiger partial charge in [0, 0.05) is 50.0 Å². The van der Waals surface area contributed by atoms with E-state index in [9.17, 15) is 4.79 Å². The van der Waals surface area contributed by atoms with Crippen LogP contribution in [0.25, 0.3) is 16.9 Å². The predicted molar refractivity (Wildman–Crippen MR) is 121 cm³/mol. The highest BCUT2D eigenvalue weighted by Crippen LogP contribution is 2.21. The number of rotatable bonds is 4. The van der Waals surface area contributed by atoms with E-state index >= 15 is 0 Å². The van der Waals surface area contributed by atoms with E-state index < -0.39 is 0 Å². The van der Waals surface area contributed by atoms with Crippen molar-refractivity contribution < 1.29 is 4.79 Å². The molecule has 6 heteroatoms. The summed E-state index contributed by atoms with van der Waals surface area (Å²) < 4.78 is 1.69. The Kier molecular flexibility index (Phi) is 5.22. The highest BCUT2D eigenvalue weighted by Gasteiger charge is 2.25. The minimum atomic E-state index is 0.0116. The number of benzene rings is 2. The normalized spacial score (nSPS) is 14.8. The van der Waals surface area contributed by atoms with Gasteiger partial charge in [-0.1, -0.05) is 60.7 Å². The van der Waals surface area contributed by atoms with Crippen LogP contribution in [0, 0.1) is 6.92 Å². The Morgan fingerprint density at radius 1 is 0.903 bits per heavy atom. The van der Waals surface area contributed by atoms with Crippen LogP contribution >= 0.6 is 0 Å². The molecule has 2 aromatic carbocycles. The highest BCUT2D eigenvalue weighted by molar-refractivity contribution is 5.93. The van der Waals surface area contributed by atoms with Gasteiger partial charge in [-0.3, -0.25) is 9.69 Å². The lowest BCUT2D eigenvalue weighted by molar-refractivity contribution is 0.0619. The van der Waals surface area contributed by atoms with Crippen LogP contribution in [0.15, 0.2) is 72.8 Å². The molecule has 0 unspecified atom stereocenters. The predicted octanol–water partition coefficient (Wildman–Crippen LogP) is 3.66. The second-order valence-corrected chi connectivity index (χ2v) is 8.00. The Morgan fingerprint density at radius 3 is 2.29 bits per heavy atom. The van der Waals surface area contributed by atoms with Crippen LogP contribution < -0.4 is 0 Å². The fourth-order valence-electron chi connectivity index (χ4n) is 4.12. The molecule has 31 heavy (non-hydrogen) atoms. The molecule has 1 aliphatic rings. The Morgan fingerprint density at radius 2 is 1.58 bits per heavy atom. The Balaban J connectivity index is 1.36. The van der Waals surface area contributed by atoms with E-state index in [-0.39, 0.29) is 5.91 Å². The molecule has 0 atom stereocenters. The number of fused-ring (bicyclic) bond motifs is 1. The van der Waals surface area contributed by atoms with Crippen LogP contribution in [-0.4, -0.2) is 56.5 Å². The molecule has 0 N–H and O–H groups in total. The van der Waals surface area contributed by atoms with Crippen LogP contribution in [0.3, 0.4) is 0 Å². The zero-order valence-electron chi connectivity index (χ0n) is 17.6. The lowest BCUT2D eigenvalue weighted by atomic mass is 10.2. The lowest BCUT2D eigenvalue weighted by Crippen LogP contribution is -2.48. The molecule has 5 rings (SSSR count). The summed E-state index contributed by atoms with van der Waals surface area (Å²) in [6, 6.07) is 24.2. The van der Waals surface area contributed by atoms with Gasteiger partial charge in [-0.05, 0) is 18.6 Å². The van der Waals surface area contributed by atoms with Gasteiger partial charge in [-0.2, -0.15) is 5.10 Å². The van der Waals surface area contributed by atoms with Gasteiger partial charge < -0.3 is 4.90 Å². The van der Waals surface area contributed by atoms with Crippen LogP contribution in [-0.2, 0) is 6.54 Å². The number of hydrogen-bond donors (Lipinski definition) is 0. The third-order valence-corrected chi connectivity index (χ3v) is 5.75. The minimum absolute atomic E-state index is 0.0116. The van der Waals surface area contributed by atoms with Crippen molar-refractivity contribution in [2.75, 3.05) is 26.2 Å². The van der Waals surface area contributed by atoms with Crippen molar-refractivity contribution in [1.29, 1.82) is 0 Å². The van der Waals surface area contributed by atoms with Crippen molar-refractivity contribution in [2.24, 2.45) is 0 Å². The SMILES string of the molecule is Cc1cc(C(=O)N2CCN(Cc3ccccc3)CC2)n2nc(-c3ccccc3)cc2n1. The molecule has 0 bridgehead atoms. The number of piperazine rings is 1. The molecule has 0 saturated carbocycles. The van der Waals surface area contributed by atoms with Crippen LogP contribution in [0.4, 0.5) is 0 Å². The Labute approximate surface area is 181 Å². The van der Waals surface area contributed by atoms with Gasteiger partial charge in [0.05, 0.1) is 5.69 Å². The summed E-state index contributed by atoms with van der Waals surface area (Å²) in [4.78, 5) is 22.3. The number of hydrogen-bond acceptors (Lipinski definition) is 4. The van der Waals surface area contributed by atoms with Crippen LogP contribution in [0.1, 0.15) is 21.7 Å². The maximum Gasteiger partial charge on any atom is 0.272 e. The molecule has 0 aliphatic carbocycles. The second kappa shape index (κ2) is 8.32. The van der Waals surface area contributed by atoms with E-state index in [0.717, 1.165) is 36.6 Å². The van der Waals surface area contributed by atoms with Gasteiger partial charge in [-0.15, -0.1) is 0 Å². The second-order valence-electron chi connectivity index (χ2n) is 8.00. The summed E-state index contributed by atoms with van der Waals surface area (Å²) in [5.74, 6) is 0.0116. The largest absolute Gasteiger partial charge is 0.335 e. The van der Waals surface area contributed by atoms with Crippen LogP contribution in [0.5, 0.6) is 0 Å². The number of nitrogens with zero attached hydrogens (tertiary/aromatic N) is 5. The number of carbonyl (C=O) groups excluding carboxylic acids is 1. The molecule has 4 aromatic rings. The van der Waals surface area contributed by atoms with E-state index in [2.05, 4.69) is 34.1 Å². The molecular formula is C25H25N5O. The van der Waals surface area contributed by atoms with E-state index in [0.29, 0.717) is 24.4 Å². The number of aromatic nitrogens is 3. The molecule has 2 aromatic heterocycles. The van der Waals surface area contributed by atoms with Gasteiger partial charge in [-0.25, -0.2) is 9.50 Å².